The molecule has 2 saturated carbocycles. The molecule has 0 nitrogen and oxygen atoms in total. The van der Waals surface area contributed by atoms with Crippen LogP contribution in [0.15, 0.2) is 74.7 Å². The van der Waals surface area contributed by atoms with Gasteiger partial charge in [0.05, 0.1) is 0 Å². The first-order chi connectivity index (χ1) is 18.9. The van der Waals surface area contributed by atoms with Crippen LogP contribution in [0.3, 0.4) is 0 Å². The van der Waals surface area contributed by atoms with Crippen LogP contribution in [0, 0.1) is 27.6 Å². The van der Waals surface area contributed by atoms with E-state index in [9.17, 15) is 0 Å². The Morgan fingerprint density at radius 1 is 0.810 bits per heavy atom. The molecule has 6 aliphatic carbocycles. The van der Waals surface area contributed by atoms with E-state index in [0.717, 1.165) is 6.42 Å². The molecule has 2 fully saturated rings. The second kappa shape index (κ2) is 10.7. The van der Waals surface area contributed by atoms with E-state index in [1.807, 2.05) is 8.90 Å². The van der Waals surface area contributed by atoms with Gasteiger partial charge in [0.15, 0.2) is 0 Å². The Bertz CT molecular complexity index is 1500. The Labute approximate surface area is 276 Å². The minimum absolute atomic E-state index is 0. The monoisotopic (exact) mass is 768 g/mol. The van der Waals surface area contributed by atoms with Crippen molar-refractivity contribution in [1.29, 1.82) is 0 Å². The first-order valence-electron chi connectivity index (χ1n) is 16.2. The minimum atomic E-state index is -2.61. The summed E-state index contributed by atoms with van der Waals surface area (Å²) in [7, 11) is 0. The van der Waals surface area contributed by atoms with Gasteiger partial charge < -0.3 is 24.8 Å². The molecular weight excluding hydrogens is 718 g/mol. The predicted octanol–water partition coefficient (Wildman–Crippen LogP) is 4.77. The van der Waals surface area contributed by atoms with Crippen LogP contribution in [-0.2, 0) is 27.4 Å². The molecule has 0 N–H and O–H groups in total. The number of rotatable bonds is 2. The number of hydrogen-bond acceptors (Lipinski definition) is 0. The van der Waals surface area contributed by atoms with E-state index in [1.54, 1.807) is 27.8 Å². The number of benzene rings is 1. The second-order valence-corrected chi connectivity index (χ2v) is 26.9. The third-order valence-corrected chi connectivity index (χ3v) is 29.1. The van der Waals surface area contributed by atoms with Gasteiger partial charge in [0.1, 0.15) is 0 Å². The van der Waals surface area contributed by atoms with Gasteiger partial charge in [0.25, 0.3) is 0 Å². The van der Waals surface area contributed by atoms with Crippen LogP contribution in [0.25, 0.3) is 5.57 Å². The van der Waals surface area contributed by atoms with Gasteiger partial charge >= 0.3 is 253 Å². The maximum absolute atomic E-state index is 2.86. The second-order valence-electron chi connectivity index (χ2n) is 15.8. The Morgan fingerprint density at radius 2 is 1.50 bits per heavy atom. The topological polar surface area (TPSA) is 0 Å². The fourth-order valence-corrected chi connectivity index (χ4v) is 28.3. The third-order valence-electron chi connectivity index (χ3n) is 14.4. The number of allylic oxidation sites excluding steroid dienone is 10. The molecule has 0 bridgehead atoms. The Kier molecular flexibility index (Phi) is 8.28. The molecule has 1 aromatic rings. The molecule has 0 aliphatic heterocycles. The van der Waals surface area contributed by atoms with Crippen molar-refractivity contribution < 1.29 is 45.8 Å². The zero-order valence-electron chi connectivity index (χ0n) is 27.2. The summed E-state index contributed by atoms with van der Waals surface area (Å²) >= 11 is -2.61. The van der Waals surface area contributed by atoms with Crippen molar-refractivity contribution in [2.24, 2.45) is 27.6 Å². The van der Waals surface area contributed by atoms with Gasteiger partial charge in [-0.05, 0) is 0 Å². The molecule has 0 heterocycles. The van der Waals surface area contributed by atoms with E-state index in [4.69, 9.17) is 0 Å². The summed E-state index contributed by atoms with van der Waals surface area (Å²) < 4.78 is 4.22. The van der Waals surface area contributed by atoms with Gasteiger partial charge in [-0.15, -0.1) is 0 Å². The van der Waals surface area contributed by atoms with Crippen LogP contribution in [0.1, 0.15) is 111 Å². The van der Waals surface area contributed by atoms with Crippen LogP contribution >= 0.6 is 0 Å². The van der Waals surface area contributed by atoms with Crippen LogP contribution < -0.4 is 24.8 Å². The maximum Gasteiger partial charge on any atom is -1.00 e. The zero-order valence-corrected chi connectivity index (χ0v) is 32.3. The van der Waals surface area contributed by atoms with Crippen LogP contribution in [0.5, 0.6) is 0 Å². The minimum Gasteiger partial charge on any atom is -1.00 e. The molecule has 6 aliphatic rings. The molecule has 42 heavy (non-hydrogen) atoms. The normalized spacial score (nSPS) is 32.6. The molecule has 3 heteroatoms. The summed E-state index contributed by atoms with van der Waals surface area (Å²) in [6.45, 7) is 21.8. The third kappa shape index (κ3) is 3.78. The van der Waals surface area contributed by atoms with Gasteiger partial charge in [0.2, 0.25) is 0 Å². The summed E-state index contributed by atoms with van der Waals surface area (Å²) in [5, 5.41) is 0. The zero-order chi connectivity index (χ0) is 28.3. The molecule has 224 valence electrons. The van der Waals surface area contributed by atoms with Gasteiger partial charge in [-0.3, -0.25) is 0 Å². The average molecular weight is 768 g/mol. The summed E-state index contributed by atoms with van der Waals surface area (Å²) in [6.07, 6.45) is 23.1. The molecule has 0 radical (unpaired) electrons. The first kappa shape index (κ1) is 32.6. The molecule has 0 aromatic heterocycles. The van der Waals surface area contributed by atoms with Crippen LogP contribution in [0.4, 0.5) is 0 Å². The van der Waals surface area contributed by atoms with Gasteiger partial charge in [-0.25, -0.2) is 0 Å². The van der Waals surface area contributed by atoms with Crippen molar-refractivity contribution in [3.05, 3.63) is 85.8 Å². The summed E-state index contributed by atoms with van der Waals surface area (Å²) in [6, 6.07) is 9.45. The quantitative estimate of drug-likeness (QED) is 0.381. The van der Waals surface area contributed by atoms with Gasteiger partial charge in [-0.1, -0.05) is 0 Å². The summed E-state index contributed by atoms with van der Waals surface area (Å²) in [5.41, 5.74) is 10.8. The fraction of sp³-hybridized carbons (Fsp3) is 0.564. The van der Waals surface area contributed by atoms with Crippen molar-refractivity contribution in [2.45, 2.75) is 110 Å². The largest absolute Gasteiger partial charge is 1.00 e. The smallest absolute Gasteiger partial charge is 1.00 e. The van der Waals surface area contributed by atoms with Gasteiger partial charge in [-0.2, -0.15) is 0 Å². The average Bonchev–Trinajstić information content (AvgIpc) is 3.70. The maximum atomic E-state index is 2.86. The summed E-state index contributed by atoms with van der Waals surface area (Å²) in [5.74, 6) is 0.596. The molecule has 3 atom stereocenters. The van der Waals surface area contributed by atoms with E-state index >= 15 is 0 Å². The molecule has 0 saturated heterocycles. The van der Waals surface area contributed by atoms with Crippen molar-refractivity contribution in [3.63, 3.8) is 0 Å². The van der Waals surface area contributed by atoms with E-state index in [1.165, 1.54) is 44.9 Å². The molecule has 0 spiro atoms. The molecular formula is C39H50Cl2Hf. The Balaban J connectivity index is 0.00000176. The van der Waals surface area contributed by atoms with E-state index in [0.29, 0.717) is 5.92 Å². The molecule has 1 aromatic carbocycles. The predicted molar refractivity (Wildman–Crippen MR) is 169 cm³/mol. The van der Waals surface area contributed by atoms with Crippen LogP contribution in [-0.4, -0.2) is 3.26 Å². The van der Waals surface area contributed by atoms with Crippen molar-refractivity contribution in [1.82, 2.24) is 0 Å². The van der Waals surface area contributed by atoms with Crippen LogP contribution in [0.2, 0.25) is 3.17 Å². The Hall–Kier alpha value is -0.760. The van der Waals surface area contributed by atoms with Crippen molar-refractivity contribution in [3.8, 4) is 0 Å². The fourth-order valence-electron chi connectivity index (χ4n) is 11.0. The molecule has 0 amide bonds. The standard InChI is InChI=1S/C29H37.C5H8.C5H5.2ClH.Hf/c1-18-25-22-17-19-13-9-10-14-20(19)24(22)21-15-11-12-16-23(21)29(25,8)28(6,7)27(4,5)26(18,2)3;2*1-2-4-5-3-1;;;/h9-11,13-15,23H,12,16-17H2,1-8H3;1-4H2;1-3H,4H2;2*1H;/q;;;;;+2/p-2. The van der Waals surface area contributed by atoms with E-state index in [2.05, 4.69) is 113 Å². The molecule has 7 rings (SSSR count). The number of hydrogen-bond donors (Lipinski definition) is 0. The number of halogens is 2. The van der Waals surface area contributed by atoms with Crippen molar-refractivity contribution in [2.75, 3.05) is 0 Å². The Morgan fingerprint density at radius 3 is 2.17 bits per heavy atom. The number of fused-ring (bicyclic) bond motifs is 6. The SMILES string of the molecule is CC12C(=C3Cc4ccccc4C3=C3C=CCCC31)[C](C)([Hf+2]([C]1=CC=CC1)=[C]1CCCC1)C(C)(C)C(C)(C)C2(C)C.[Cl-].[Cl-]. The first-order valence-corrected chi connectivity index (χ1v) is 21.6. The molecule has 3 unspecified atom stereocenters. The summed E-state index contributed by atoms with van der Waals surface area (Å²) in [4.78, 5) is 0. The van der Waals surface area contributed by atoms with E-state index < -0.39 is 21.0 Å². The van der Waals surface area contributed by atoms with E-state index in [-0.39, 0.29) is 49.6 Å². The van der Waals surface area contributed by atoms with Gasteiger partial charge in [0, 0.05) is 0 Å². The van der Waals surface area contributed by atoms with Crippen molar-refractivity contribution >= 4 is 8.83 Å².